The molecule has 0 saturated carbocycles. The van der Waals surface area contributed by atoms with E-state index in [9.17, 15) is 0 Å². The van der Waals surface area contributed by atoms with Crippen LogP contribution >= 0.6 is 0 Å². The van der Waals surface area contributed by atoms with Gasteiger partial charge in [0.1, 0.15) is 0 Å². The fraction of sp³-hybridized carbons (Fsp3) is 0.706. The molecule has 0 aromatic carbocycles. The van der Waals surface area contributed by atoms with Crippen molar-refractivity contribution < 1.29 is 0 Å². The molecule has 0 amide bonds. The Hall–Kier alpha value is -0.0513. The van der Waals surface area contributed by atoms with E-state index in [-0.39, 0.29) is 0 Å². The van der Waals surface area contributed by atoms with Crippen molar-refractivity contribution in [1.82, 2.24) is 4.98 Å². The van der Waals surface area contributed by atoms with E-state index in [1.54, 1.807) is 3.58 Å². The van der Waals surface area contributed by atoms with Crippen molar-refractivity contribution in [3.8, 4) is 0 Å². The molecular weight excluding hydrogens is 337 g/mol. The average molecular weight is 368 g/mol. The predicted octanol–water partition coefficient (Wildman–Crippen LogP) is 4.21. The fourth-order valence-corrected chi connectivity index (χ4v) is 10.9. The second kappa shape index (κ2) is 9.79. The van der Waals surface area contributed by atoms with E-state index < -0.39 is 21.1 Å². The minimum atomic E-state index is -0.953. The molecule has 0 aliphatic rings. The van der Waals surface area contributed by atoms with Gasteiger partial charge in [0, 0.05) is 0 Å². The Labute approximate surface area is 129 Å². The van der Waals surface area contributed by atoms with E-state index >= 15 is 0 Å². The van der Waals surface area contributed by atoms with Gasteiger partial charge in [0.05, 0.1) is 0 Å². The molecular formula is C17H31NSn. The van der Waals surface area contributed by atoms with Gasteiger partial charge >= 0.3 is 130 Å². The summed E-state index contributed by atoms with van der Waals surface area (Å²) < 4.78 is 2.36. The van der Waals surface area contributed by atoms with E-state index in [4.69, 9.17) is 0 Å². The summed E-state index contributed by atoms with van der Waals surface area (Å²) in [6.45, 7) is 7.02. The zero-order valence-corrected chi connectivity index (χ0v) is 17.2. The van der Waals surface area contributed by atoms with Crippen LogP contribution in [0.3, 0.4) is 0 Å². The van der Waals surface area contributed by atoms with E-state index in [1.807, 2.05) is 6.20 Å². The summed E-state index contributed by atoms with van der Waals surface area (Å²) in [5, 5.41) is 0. The Bertz CT molecular complexity index is 315. The summed E-state index contributed by atoms with van der Waals surface area (Å²) in [5.74, 6) is 0. The van der Waals surface area contributed by atoms with Gasteiger partial charge in [-0.1, -0.05) is 0 Å². The van der Waals surface area contributed by atoms with Crippen molar-refractivity contribution in [1.29, 1.82) is 0 Å². The third-order valence-corrected chi connectivity index (χ3v) is 11.7. The molecule has 0 fully saturated rings. The van der Waals surface area contributed by atoms with E-state index in [2.05, 4.69) is 44.1 Å². The second-order valence-electron chi connectivity index (χ2n) is 6.00. The van der Waals surface area contributed by atoms with E-state index in [0.29, 0.717) is 0 Å². The van der Waals surface area contributed by atoms with Gasteiger partial charge in [-0.3, -0.25) is 0 Å². The number of nitrogens with zero attached hydrogens (tertiary/aromatic N) is 1. The van der Waals surface area contributed by atoms with Gasteiger partial charge in [-0.2, -0.15) is 0 Å². The Kier molecular flexibility index (Phi) is 8.76. The van der Waals surface area contributed by atoms with Gasteiger partial charge in [0.2, 0.25) is 0 Å². The Balaban J connectivity index is 2.79. The summed E-state index contributed by atoms with van der Waals surface area (Å²) in [4.78, 5) is 4.34. The van der Waals surface area contributed by atoms with Crippen molar-refractivity contribution in [2.24, 2.45) is 0 Å². The van der Waals surface area contributed by atoms with Crippen LogP contribution in [0, 0.1) is 0 Å². The summed E-state index contributed by atoms with van der Waals surface area (Å²) in [6.07, 6.45) is 15.3. The summed E-state index contributed by atoms with van der Waals surface area (Å²) in [5.41, 5.74) is 0. The molecule has 0 spiro atoms. The van der Waals surface area contributed by atoms with Crippen molar-refractivity contribution in [3.05, 3.63) is 24.5 Å². The first-order valence-corrected chi connectivity index (χ1v) is 12.2. The summed E-state index contributed by atoms with van der Waals surface area (Å²) in [7, 11) is 0. The van der Waals surface area contributed by atoms with Crippen LogP contribution in [0.2, 0.25) is 3.43 Å². The summed E-state index contributed by atoms with van der Waals surface area (Å²) >= 11 is -0.953. The number of hydrogen-bond acceptors (Lipinski definition) is 1. The number of aromatic nitrogens is 1. The Morgan fingerprint density at radius 3 is 2.16 bits per heavy atom. The third kappa shape index (κ3) is 6.29. The van der Waals surface area contributed by atoms with Crippen LogP contribution in [0.1, 0.15) is 72.1 Å². The molecule has 0 saturated heterocycles. The average Bonchev–Trinajstić information content (AvgIpc) is 2.44. The molecule has 1 rings (SSSR count). The maximum absolute atomic E-state index is 4.34. The monoisotopic (exact) mass is 369 g/mol. The number of hydrogen-bond donors (Lipinski definition) is 0. The molecule has 1 nitrogen and oxygen atoms in total. The Morgan fingerprint density at radius 2 is 1.68 bits per heavy atom. The first kappa shape index (κ1) is 17.0. The number of unbranched alkanes of at least 4 members (excludes halogenated alkanes) is 2. The van der Waals surface area contributed by atoms with Crippen LogP contribution in [0.4, 0.5) is 0 Å². The van der Waals surface area contributed by atoms with Gasteiger partial charge in [-0.25, -0.2) is 0 Å². The molecule has 0 radical (unpaired) electrons. The van der Waals surface area contributed by atoms with Crippen LogP contribution in [-0.4, -0.2) is 26.1 Å². The van der Waals surface area contributed by atoms with Gasteiger partial charge < -0.3 is 0 Å². The molecule has 0 N–H and O–H groups in total. The molecule has 1 heterocycles. The standard InChI is InChI=1S/C12H25.C5H4N.Sn.2H/c1-4-7-10-12(9-6-3)11-8-5-2;1-2-4-6-5-3-1;;;/h4-11H2,1-3H3;1-2,4-5H;;;. The van der Waals surface area contributed by atoms with Crippen molar-refractivity contribution >= 4 is 24.7 Å². The van der Waals surface area contributed by atoms with Gasteiger partial charge in [0.25, 0.3) is 0 Å². The second-order valence-corrected chi connectivity index (χ2v) is 13.6. The van der Waals surface area contributed by atoms with Crippen molar-refractivity contribution in [3.63, 3.8) is 0 Å². The van der Waals surface area contributed by atoms with Crippen molar-refractivity contribution in [2.45, 2.75) is 75.6 Å². The molecule has 0 unspecified atom stereocenters. The minimum absolute atomic E-state index is 0.728. The zero-order valence-electron chi connectivity index (χ0n) is 13.1. The SMILES string of the molecule is CCCC[C](CCC)(CCCC)[SnH2][c]1cccnc1. The molecule has 1 aromatic heterocycles. The van der Waals surface area contributed by atoms with E-state index in [1.165, 1.54) is 51.4 Å². The number of pyridine rings is 1. The molecule has 19 heavy (non-hydrogen) atoms. The van der Waals surface area contributed by atoms with Crippen LogP contribution in [0.25, 0.3) is 0 Å². The fourth-order valence-electron chi connectivity index (χ4n) is 3.21. The van der Waals surface area contributed by atoms with Gasteiger partial charge in [-0.05, 0) is 0 Å². The van der Waals surface area contributed by atoms with Gasteiger partial charge in [0.15, 0.2) is 0 Å². The molecule has 0 aliphatic carbocycles. The topological polar surface area (TPSA) is 12.9 Å². The molecule has 1 aromatic rings. The van der Waals surface area contributed by atoms with Crippen LogP contribution < -0.4 is 3.58 Å². The van der Waals surface area contributed by atoms with Crippen LogP contribution in [0.5, 0.6) is 0 Å². The first-order chi connectivity index (χ1) is 9.26. The van der Waals surface area contributed by atoms with E-state index in [0.717, 1.165) is 3.43 Å². The predicted molar refractivity (Wildman–Crippen MR) is 89.1 cm³/mol. The van der Waals surface area contributed by atoms with Crippen LogP contribution in [-0.2, 0) is 0 Å². The molecule has 0 atom stereocenters. The molecule has 0 bridgehead atoms. The first-order valence-electron chi connectivity index (χ1n) is 8.15. The van der Waals surface area contributed by atoms with Crippen LogP contribution in [0.15, 0.2) is 24.5 Å². The Morgan fingerprint density at radius 1 is 1.00 bits per heavy atom. The van der Waals surface area contributed by atoms with Gasteiger partial charge in [-0.15, -0.1) is 0 Å². The van der Waals surface area contributed by atoms with Crippen molar-refractivity contribution in [2.75, 3.05) is 0 Å². The zero-order chi connectivity index (χ0) is 14.0. The number of rotatable bonds is 10. The molecule has 108 valence electrons. The molecule has 2 heteroatoms. The molecule has 0 aliphatic heterocycles. The summed E-state index contributed by atoms with van der Waals surface area (Å²) in [6, 6.07) is 4.47. The third-order valence-electron chi connectivity index (χ3n) is 4.20. The normalized spacial score (nSPS) is 12.4. The maximum atomic E-state index is 4.34. The quantitative estimate of drug-likeness (QED) is 0.564.